The SMILES string of the molecule is Nc1nc(Cl)nc(-c2ccncc2)n1. The van der Waals surface area contributed by atoms with Gasteiger partial charge in [-0.05, 0) is 23.7 Å². The van der Waals surface area contributed by atoms with Crippen LogP contribution in [0.25, 0.3) is 11.4 Å². The standard InChI is InChI=1S/C8H6ClN5/c9-7-12-6(13-8(10)14-7)5-1-3-11-4-2-5/h1-4H,(H2,10,12,13,14). The topological polar surface area (TPSA) is 77.6 Å². The van der Waals surface area contributed by atoms with Crippen LogP contribution in [0.3, 0.4) is 0 Å². The van der Waals surface area contributed by atoms with E-state index in [0.29, 0.717) is 5.82 Å². The Kier molecular flexibility index (Phi) is 2.24. The summed E-state index contributed by atoms with van der Waals surface area (Å²) < 4.78 is 0. The van der Waals surface area contributed by atoms with Crippen molar-refractivity contribution < 1.29 is 0 Å². The minimum absolute atomic E-state index is 0.0873. The van der Waals surface area contributed by atoms with Crippen LogP contribution < -0.4 is 5.73 Å². The Morgan fingerprint density at radius 1 is 1.07 bits per heavy atom. The van der Waals surface area contributed by atoms with E-state index in [1.54, 1.807) is 24.5 Å². The number of halogens is 1. The Morgan fingerprint density at radius 3 is 2.43 bits per heavy atom. The number of hydrogen-bond donors (Lipinski definition) is 1. The first-order valence-corrected chi connectivity index (χ1v) is 4.21. The summed E-state index contributed by atoms with van der Waals surface area (Å²) >= 11 is 5.64. The normalized spacial score (nSPS) is 10.1. The third-order valence-electron chi connectivity index (χ3n) is 1.56. The van der Waals surface area contributed by atoms with E-state index in [4.69, 9.17) is 17.3 Å². The monoisotopic (exact) mass is 207 g/mol. The van der Waals surface area contributed by atoms with Gasteiger partial charge in [-0.3, -0.25) is 4.98 Å². The first-order chi connectivity index (χ1) is 6.75. The molecular weight excluding hydrogens is 202 g/mol. The Bertz CT molecular complexity index is 424. The fourth-order valence-corrected chi connectivity index (χ4v) is 1.16. The van der Waals surface area contributed by atoms with Crippen LogP contribution in [0.5, 0.6) is 0 Å². The van der Waals surface area contributed by atoms with Gasteiger partial charge in [0.25, 0.3) is 0 Å². The molecule has 0 aliphatic rings. The summed E-state index contributed by atoms with van der Waals surface area (Å²) in [6.07, 6.45) is 3.28. The van der Waals surface area contributed by atoms with Gasteiger partial charge in [0.1, 0.15) is 0 Å². The highest BCUT2D eigenvalue weighted by molar-refractivity contribution is 6.28. The van der Waals surface area contributed by atoms with Crippen molar-refractivity contribution in [1.29, 1.82) is 0 Å². The maximum absolute atomic E-state index is 5.64. The second kappa shape index (κ2) is 3.55. The van der Waals surface area contributed by atoms with Gasteiger partial charge in [0, 0.05) is 18.0 Å². The maximum atomic E-state index is 5.64. The minimum atomic E-state index is 0.0873. The molecule has 0 saturated heterocycles. The summed E-state index contributed by atoms with van der Waals surface area (Å²) in [5.41, 5.74) is 6.24. The summed E-state index contributed by atoms with van der Waals surface area (Å²) in [5.74, 6) is 0.557. The number of pyridine rings is 1. The van der Waals surface area contributed by atoms with Crippen molar-refractivity contribution in [3.63, 3.8) is 0 Å². The van der Waals surface area contributed by atoms with Crippen molar-refractivity contribution in [2.45, 2.75) is 0 Å². The molecule has 6 heteroatoms. The number of hydrogen-bond acceptors (Lipinski definition) is 5. The number of rotatable bonds is 1. The van der Waals surface area contributed by atoms with E-state index in [2.05, 4.69) is 19.9 Å². The molecule has 0 unspecified atom stereocenters. The molecule has 0 saturated carbocycles. The Morgan fingerprint density at radius 2 is 1.79 bits per heavy atom. The van der Waals surface area contributed by atoms with E-state index in [1.807, 2.05) is 0 Å². The van der Waals surface area contributed by atoms with E-state index in [9.17, 15) is 0 Å². The first-order valence-electron chi connectivity index (χ1n) is 3.83. The molecule has 0 bridgehead atoms. The third kappa shape index (κ3) is 1.77. The molecule has 5 nitrogen and oxygen atoms in total. The lowest BCUT2D eigenvalue weighted by molar-refractivity contribution is 1.07. The van der Waals surface area contributed by atoms with Gasteiger partial charge in [-0.25, -0.2) is 0 Å². The predicted molar refractivity (Wildman–Crippen MR) is 52.5 cm³/mol. The Labute approximate surface area is 85.0 Å². The molecule has 0 atom stereocenters. The lowest BCUT2D eigenvalue weighted by Crippen LogP contribution is -1.99. The number of nitrogens with zero attached hydrogens (tertiary/aromatic N) is 4. The van der Waals surface area contributed by atoms with Gasteiger partial charge in [-0.1, -0.05) is 0 Å². The second-order valence-corrected chi connectivity index (χ2v) is 2.86. The van der Waals surface area contributed by atoms with Crippen molar-refractivity contribution in [2.24, 2.45) is 0 Å². The van der Waals surface area contributed by atoms with Crippen molar-refractivity contribution in [3.8, 4) is 11.4 Å². The summed E-state index contributed by atoms with van der Waals surface area (Å²) in [4.78, 5) is 15.4. The van der Waals surface area contributed by atoms with E-state index < -0.39 is 0 Å². The van der Waals surface area contributed by atoms with E-state index in [1.165, 1.54) is 0 Å². The summed E-state index contributed by atoms with van der Waals surface area (Å²) in [6.45, 7) is 0. The van der Waals surface area contributed by atoms with Gasteiger partial charge in [0.15, 0.2) is 5.82 Å². The third-order valence-corrected chi connectivity index (χ3v) is 1.73. The summed E-state index contributed by atoms with van der Waals surface area (Å²) in [7, 11) is 0. The Balaban J connectivity index is 2.52. The molecule has 2 aromatic heterocycles. The zero-order valence-corrected chi connectivity index (χ0v) is 7.81. The molecule has 14 heavy (non-hydrogen) atoms. The number of anilines is 1. The van der Waals surface area contributed by atoms with Crippen molar-refractivity contribution in [1.82, 2.24) is 19.9 Å². The zero-order chi connectivity index (χ0) is 9.97. The molecule has 2 aromatic rings. The highest BCUT2D eigenvalue weighted by Crippen LogP contribution is 2.15. The molecule has 0 aromatic carbocycles. The predicted octanol–water partition coefficient (Wildman–Crippen LogP) is 1.17. The van der Waals surface area contributed by atoms with E-state index in [-0.39, 0.29) is 11.2 Å². The van der Waals surface area contributed by atoms with Crippen LogP contribution >= 0.6 is 11.6 Å². The second-order valence-electron chi connectivity index (χ2n) is 2.52. The lowest BCUT2D eigenvalue weighted by atomic mass is 10.2. The first kappa shape index (κ1) is 8.83. The Hall–Kier alpha value is -1.75. The van der Waals surface area contributed by atoms with Gasteiger partial charge in [0.05, 0.1) is 0 Å². The van der Waals surface area contributed by atoms with Gasteiger partial charge in [0.2, 0.25) is 11.2 Å². The summed E-state index contributed by atoms with van der Waals surface area (Å²) in [6, 6.07) is 3.54. The maximum Gasteiger partial charge on any atom is 0.227 e. The summed E-state index contributed by atoms with van der Waals surface area (Å²) in [5, 5.41) is 0.0873. The van der Waals surface area contributed by atoms with Gasteiger partial charge >= 0.3 is 0 Å². The van der Waals surface area contributed by atoms with Gasteiger partial charge < -0.3 is 5.73 Å². The molecule has 2 heterocycles. The molecular formula is C8H6ClN5. The van der Waals surface area contributed by atoms with E-state index in [0.717, 1.165) is 5.56 Å². The average Bonchev–Trinajstić information content (AvgIpc) is 2.18. The molecule has 0 radical (unpaired) electrons. The molecule has 70 valence electrons. The molecule has 2 rings (SSSR count). The fourth-order valence-electron chi connectivity index (χ4n) is 0.995. The molecule has 0 fully saturated rings. The van der Waals surface area contributed by atoms with Crippen LogP contribution in [-0.4, -0.2) is 19.9 Å². The molecule has 0 aliphatic carbocycles. The number of nitrogens with two attached hydrogens (primary N) is 1. The number of aromatic nitrogens is 4. The smallest absolute Gasteiger partial charge is 0.227 e. The zero-order valence-electron chi connectivity index (χ0n) is 7.05. The van der Waals surface area contributed by atoms with E-state index >= 15 is 0 Å². The van der Waals surface area contributed by atoms with Crippen molar-refractivity contribution >= 4 is 17.5 Å². The molecule has 0 spiro atoms. The van der Waals surface area contributed by atoms with Crippen LogP contribution in [0.2, 0.25) is 5.28 Å². The van der Waals surface area contributed by atoms with Crippen molar-refractivity contribution in [3.05, 3.63) is 29.8 Å². The average molecular weight is 208 g/mol. The van der Waals surface area contributed by atoms with Crippen LogP contribution in [0, 0.1) is 0 Å². The van der Waals surface area contributed by atoms with Crippen LogP contribution in [-0.2, 0) is 0 Å². The van der Waals surface area contributed by atoms with Crippen LogP contribution in [0.1, 0.15) is 0 Å². The highest BCUT2D eigenvalue weighted by Gasteiger charge is 2.04. The number of nitrogen functional groups attached to an aromatic ring is 1. The largest absolute Gasteiger partial charge is 0.368 e. The highest BCUT2D eigenvalue weighted by atomic mass is 35.5. The van der Waals surface area contributed by atoms with Gasteiger partial charge in [-0.2, -0.15) is 15.0 Å². The van der Waals surface area contributed by atoms with Crippen LogP contribution in [0.15, 0.2) is 24.5 Å². The van der Waals surface area contributed by atoms with Gasteiger partial charge in [-0.15, -0.1) is 0 Å². The molecule has 0 amide bonds. The quantitative estimate of drug-likeness (QED) is 0.760. The lowest BCUT2D eigenvalue weighted by Gasteiger charge is -1.99. The fraction of sp³-hybridized carbons (Fsp3) is 0. The van der Waals surface area contributed by atoms with Crippen molar-refractivity contribution in [2.75, 3.05) is 5.73 Å². The van der Waals surface area contributed by atoms with Crippen LogP contribution in [0.4, 0.5) is 5.95 Å². The molecule has 2 N–H and O–H groups in total. The minimum Gasteiger partial charge on any atom is -0.368 e. The molecule has 0 aliphatic heterocycles.